The van der Waals surface area contributed by atoms with Crippen LogP contribution in [0.25, 0.3) is 0 Å². The number of rotatable bonds is 10. The molecule has 1 aromatic rings. The first-order valence-corrected chi connectivity index (χ1v) is 8.35. The average molecular weight is 327 g/mol. The Morgan fingerprint density at radius 3 is 2.42 bits per heavy atom. The van der Waals surface area contributed by atoms with Gasteiger partial charge < -0.3 is 5.32 Å². The van der Waals surface area contributed by atoms with Crippen molar-refractivity contribution in [2.75, 3.05) is 7.05 Å². The maximum Gasteiger partial charge on any atom is 0.0410 e. The van der Waals surface area contributed by atoms with E-state index in [4.69, 9.17) is 0 Å². The van der Waals surface area contributed by atoms with Gasteiger partial charge in [0.05, 0.1) is 0 Å². The van der Waals surface area contributed by atoms with E-state index in [1.807, 2.05) is 19.4 Å². The van der Waals surface area contributed by atoms with Crippen LogP contribution in [0.5, 0.6) is 0 Å². The molecule has 0 amide bonds. The third-order valence-electron chi connectivity index (χ3n) is 3.57. The topological polar surface area (TPSA) is 24.9 Å². The molecule has 0 aliphatic heterocycles. The van der Waals surface area contributed by atoms with Gasteiger partial charge in [0, 0.05) is 22.9 Å². The Morgan fingerprint density at radius 2 is 1.79 bits per heavy atom. The molecule has 1 atom stereocenters. The summed E-state index contributed by atoms with van der Waals surface area (Å²) in [6, 6.07) is 2.59. The fraction of sp³-hybridized carbons (Fsp3) is 0.688. The molecule has 1 aromatic heterocycles. The molecule has 19 heavy (non-hydrogen) atoms. The number of unbranched alkanes of at least 4 members (excludes halogenated alkanes) is 6. The molecule has 1 rings (SSSR count). The predicted molar refractivity (Wildman–Crippen MR) is 86.3 cm³/mol. The molecule has 1 N–H and O–H groups in total. The fourth-order valence-corrected chi connectivity index (χ4v) is 2.78. The molecule has 1 unspecified atom stereocenters. The number of hydrogen-bond acceptors (Lipinski definition) is 2. The minimum Gasteiger partial charge on any atom is -0.313 e. The van der Waals surface area contributed by atoms with Gasteiger partial charge in [0.1, 0.15) is 0 Å². The molecule has 0 aromatic carbocycles. The number of hydrogen-bond donors (Lipinski definition) is 1. The van der Waals surface area contributed by atoms with Crippen molar-refractivity contribution in [3.8, 4) is 0 Å². The van der Waals surface area contributed by atoms with Gasteiger partial charge in [-0.25, -0.2) is 0 Å². The first kappa shape index (κ1) is 16.6. The van der Waals surface area contributed by atoms with Crippen LogP contribution in [0.3, 0.4) is 0 Å². The normalized spacial score (nSPS) is 12.6. The molecule has 0 aliphatic rings. The van der Waals surface area contributed by atoms with E-state index < -0.39 is 0 Å². The summed E-state index contributed by atoms with van der Waals surface area (Å²) in [7, 11) is 2.03. The lowest BCUT2D eigenvalue weighted by Crippen LogP contribution is -2.16. The molecule has 0 bridgehead atoms. The summed E-state index contributed by atoms with van der Waals surface area (Å²) in [5, 5.41) is 3.40. The van der Waals surface area contributed by atoms with Gasteiger partial charge in [-0.15, -0.1) is 0 Å². The highest BCUT2D eigenvalue weighted by Gasteiger charge is 2.09. The summed E-state index contributed by atoms with van der Waals surface area (Å²) in [5.41, 5.74) is 1.28. The molecular weight excluding hydrogens is 300 g/mol. The van der Waals surface area contributed by atoms with Gasteiger partial charge >= 0.3 is 0 Å². The van der Waals surface area contributed by atoms with E-state index in [9.17, 15) is 0 Å². The highest BCUT2D eigenvalue weighted by atomic mass is 79.9. The van der Waals surface area contributed by atoms with Crippen LogP contribution in [-0.2, 0) is 0 Å². The molecule has 0 spiro atoms. The summed E-state index contributed by atoms with van der Waals surface area (Å²) < 4.78 is 1.06. The van der Waals surface area contributed by atoms with Crippen LogP contribution in [-0.4, -0.2) is 12.0 Å². The van der Waals surface area contributed by atoms with Crippen LogP contribution in [0.1, 0.15) is 69.9 Å². The smallest absolute Gasteiger partial charge is 0.0410 e. The number of pyridine rings is 1. The van der Waals surface area contributed by atoms with Crippen molar-refractivity contribution in [2.24, 2.45) is 0 Å². The Balaban J connectivity index is 2.22. The van der Waals surface area contributed by atoms with E-state index in [1.54, 1.807) is 0 Å². The van der Waals surface area contributed by atoms with Crippen molar-refractivity contribution in [2.45, 2.75) is 64.3 Å². The minimum atomic E-state index is 0.431. The van der Waals surface area contributed by atoms with E-state index in [-0.39, 0.29) is 0 Å². The maximum absolute atomic E-state index is 4.24. The van der Waals surface area contributed by atoms with Crippen LogP contribution in [0.2, 0.25) is 0 Å². The lowest BCUT2D eigenvalue weighted by atomic mass is 10.0. The number of nitrogens with zero attached hydrogens (tertiary/aromatic N) is 1. The average Bonchev–Trinajstić information content (AvgIpc) is 2.42. The fourth-order valence-electron chi connectivity index (χ4n) is 2.40. The molecule has 3 heteroatoms. The van der Waals surface area contributed by atoms with Crippen LogP contribution >= 0.6 is 15.9 Å². The second-order valence-corrected chi connectivity index (χ2v) is 6.10. The molecule has 108 valence electrons. The largest absolute Gasteiger partial charge is 0.313 e. The molecular formula is C16H27BrN2. The standard InChI is InChI=1S/C16H27BrN2/c1-3-4-5-6-7-8-9-10-16(18-2)14-11-15(17)13-19-12-14/h11-13,16,18H,3-10H2,1-2H3. The molecule has 0 aliphatic carbocycles. The van der Waals surface area contributed by atoms with Gasteiger partial charge in [0.15, 0.2) is 0 Å². The van der Waals surface area contributed by atoms with E-state index in [0.29, 0.717) is 6.04 Å². The van der Waals surface area contributed by atoms with Crippen molar-refractivity contribution >= 4 is 15.9 Å². The highest BCUT2D eigenvalue weighted by molar-refractivity contribution is 9.10. The zero-order valence-corrected chi connectivity index (χ0v) is 13.9. The monoisotopic (exact) mass is 326 g/mol. The molecule has 0 radical (unpaired) electrons. The zero-order valence-electron chi connectivity index (χ0n) is 12.3. The molecule has 0 saturated carbocycles. The summed E-state index contributed by atoms with van der Waals surface area (Å²) in [6.07, 6.45) is 14.6. The molecule has 0 fully saturated rings. The van der Waals surface area contributed by atoms with Gasteiger partial charge in [0.25, 0.3) is 0 Å². The van der Waals surface area contributed by atoms with Gasteiger partial charge in [-0.05, 0) is 41.0 Å². The lowest BCUT2D eigenvalue weighted by molar-refractivity contribution is 0.495. The Kier molecular flexibility index (Phi) is 9.10. The van der Waals surface area contributed by atoms with Gasteiger partial charge in [-0.3, -0.25) is 4.98 Å². The summed E-state index contributed by atoms with van der Waals surface area (Å²) in [5.74, 6) is 0. The SMILES string of the molecule is CCCCCCCCCC(NC)c1cncc(Br)c1. The second kappa shape index (κ2) is 10.4. The summed E-state index contributed by atoms with van der Waals surface area (Å²) in [4.78, 5) is 4.24. The summed E-state index contributed by atoms with van der Waals surface area (Å²) >= 11 is 3.49. The zero-order chi connectivity index (χ0) is 13.9. The number of nitrogens with one attached hydrogen (secondary N) is 1. The van der Waals surface area contributed by atoms with E-state index >= 15 is 0 Å². The lowest BCUT2D eigenvalue weighted by Gasteiger charge is -2.16. The Labute approximate surface area is 126 Å². The molecule has 2 nitrogen and oxygen atoms in total. The first-order valence-electron chi connectivity index (χ1n) is 7.55. The molecule has 0 saturated heterocycles. The van der Waals surface area contributed by atoms with Crippen LogP contribution in [0.15, 0.2) is 22.9 Å². The third kappa shape index (κ3) is 7.07. The van der Waals surface area contributed by atoms with Crippen molar-refractivity contribution in [3.63, 3.8) is 0 Å². The van der Waals surface area contributed by atoms with Crippen LogP contribution in [0, 0.1) is 0 Å². The van der Waals surface area contributed by atoms with Gasteiger partial charge in [0.2, 0.25) is 0 Å². The Morgan fingerprint density at radius 1 is 1.11 bits per heavy atom. The second-order valence-electron chi connectivity index (χ2n) is 5.19. The maximum atomic E-state index is 4.24. The van der Waals surface area contributed by atoms with Crippen molar-refractivity contribution < 1.29 is 0 Å². The van der Waals surface area contributed by atoms with E-state index in [1.165, 1.54) is 56.9 Å². The van der Waals surface area contributed by atoms with E-state index in [2.05, 4.69) is 39.2 Å². The Bertz CT molecular complexity index is 341. The van der Waals surface area contributed by atoms with Crippen molar-refractivity contribution in [1.82, 2.24) is 10.3 Å². The predicted octanol–water partition coefficient (Wildman–Crippen LogP) is 5.25. The quantitative estimate of drug-likeness (QED) is 0.594. The first-order chi connectivity index (χ1) is 9.27. The van der Waals surface area contributed by atoms with Gasteiger partial charge in [-0.2, -0.15) is 0 Å². The third-order valence-corrected chi connectivity index (χ3v) is 4.01. The van der Waals surface area contributed by atoms with Crippen molar-refractivity contribution in [1.29, 1.82) is 0 Å². The van der Waals surface area contributed by atoms with Gasteiger partial charge in [-0.1, -0.05) is 51.9 Å². The van der Waals surface area contributed by atoms with Crippen molar-refractivity contribution in [3.05, 3.63) is 28.5 Å². The van der Waals surface area contributed by atoms with Crippen LogP contribution < -0.4 is 5.32 Å². The number of halogens is 1. The highest BCUT2D eigenvalue weighted by Crippen LogP contribution is 2.22. The van der Waals surface area contributed by atoms with Crippen LogP contribution in [0.4, 0.5) is 0 Å². The van der Waals surface area contributed by atoms with E-state index in [0.717, 1.165) is 4.47 Å². The Hall–Kier alpha value is -0.410. The molecule has 1 heterocycles. The minimum absolute atomic E-state index is 0.431. The number of aromatic nitrogens is 1. The summed E-state index contributed by atoms with van der Waals surface area (Å²) in [6.45, 7) is 2.27.